The van der Waals surface area contributed by atoms with Crippen LogP contribution in [0.25, 0.3) is 6.08 Å². The second-order valence-electron chi connectivity index (χ2n) is 5.80. The Morgan fingerprint density at radius 1 is 1.15 bits per heavy atom. The minimum absolute atomic E-state index is 0.0670. The van der Waals surface area contributed by atoms with Gasteiger partial charge in [-0.3, -0.25) is 9.69 Å². The zero-order valence-electron chi connectivity index (χ0n) is 14.9. The van der Waals surface area contributed by atoms with Gasteiger partial charge < -0.3 is 9.47 Å². The minimum Gasteiger partial charge on any atom is -0.493 e. The third kappa shape index (κ3) is 4.54. The number of carbonyl (C=O) groups excluding carboxylic acids is 1. The molecule has 2 aromatic rings. The van der Waals surface area contributed by atoms with Crippen LogP contribution in [0.15, 0.2) is 51.8 Å². The van der Waals surface area contributed by atoms with E-state index in [-0.39, 0.29) is 5.91 Å². The topological polar surface area (TPSA) is 38.8 Å². The van der Waals surface area contributed by atoms with E-state index in [0.29, 0.717) is 27.3 Å². The summed E-state index contributed by atoms with van der Waals surface area (Å²) in [5, 5.41) is 0. The molecule has 0 saturated carbocycles. The van der Waals surface area contributed by atoms with Crippen molar-refractivity contribution >= 4 is 56.2 Å². The Balaban J connectivity index is 1.80. The molecular weight excluding hydrogens is 446 g/mol. The van der Waals surface area contributed by atoms with Gasteiger partial charge in [0.15, 0.2) is 11.5 Å². The van der Waals surface area contributed by atoms with Gasteiger partial charge >= 0.3 is 0 Å². The fourth-order valence-electron chi connectivity index (χ4n) is 2.70. The normalized spacial score (nSPS) is 15.5. The number of ether oxygens (including phenoxy) is 2. The van der Waals surface area contributed by atoms with Crippen LogP contribution in [-0.2, 0) is 11.2 Å². The molecule has 0 aromatic heterocycles. The predicted molar refractivity (Wildman–Crippen MR) is 117 cm³/mol. The Bertz CT molecular complexity index is 900. The number of halogens is 1. The summed E-state index contributed by atoms with van der Waals surface area (Å²) >= 11 is 10.3. The smallest absolute Gasteiger partial charge is 0.266 e. The molecule has 1 aliphatic rings. The maximum Gasteiger partial charge on any atom is 0.266 e. The summed E-state index contributed by atoms with van der Waals surface area (Å²) in [5.74, 6) is 1.16. The monoisotopic (exact) mass is 463 g/mol. The van der Waals surface area contributed by atoms with Crippen molar-refractivity contribution < 1.29 is 14.3 Å². The number of methoxy groups -OCH3 is 2. The lowest BCUT2D eigenvalue weighted by Crippen LogP contribution is -2.30. The molecule has 1 heterocycles. The van der Waals surface area contributed by atoms with Gasteiger partial charge in [0, 0.05) is 11.0 Å². The lowest BCUT2D eigenvalue weighted by Gasteiger charge is -2.14. The highest BCUT2D eigenvalue weighted by molar-refractivity contribution is 9.10. The van der Waals surface area contributed by atoms with Crippen molar-refractivity contribution in [3.8, 4) is 11.5 Å². The van der Waals surface area contributed by atoms with E-state index in [9.17, 15) is 4.79 Å². The maximum absolute atomic E-state index is 12.8. The molecule has 4 nitrogen and oxygen atoms in total. The SMILES string of the molecule is COc1cc(Br)c(C=C2SC(=S)N(CCc3ccccc3)C2=O)cc1OC. The van der Waals surface area contributed by atoms with Crippen molar-refractivity contribution in [2.45, 2.75) is 6.42 Å². The predicted octanol–water partition coefficient (Wildman–Crippen LogP) is 4.91. The van der Waals surface area contributed by atoms with Gasteiger partial charge in [0.25, 0.3) is 5.91 Å². The van der Waals surface area contributed by atoms with E-state index in [0.717, 1.165) is 16.5 Å². The summed E-state index contributed by atoms with van der Waals surface area (Å²) in [7, 11) is 3.17. The van der Waals surface area contributed by atoms with Crippen molar-refractivity contribution in [1.29, 1.82) is 0 Å². The lowest BCUT2D eigenvalue weighted by atomic mass is 10.1. The zero-order chi connectivity index (χ0) is 19.4. The molecule has 1 saturated heterocycles. The van der Waals surface area contributed by atoms with Crippen LogP contribution < -0.4 is 9.47 Å². The quantitative estimate of drug-likeness (QED) is 0.449. The van der Waals surface area contributed by atoms with Gasteiger partial charge in [-0.25, -0.2) is 0 Å². The van der Waals surface area contributed by atoms with Gasteiger partial charge in [-0.05, 0) is 35.8 Å². The molecular formula is C20H18BrNO3S2. The van der Waals surface area contributed by atoms with E-state index in [1.165, 1.54) is 17.3 Å². The Morgan fingerprint density at radius 3 is 2.48 bits per heavy atom. The molecule has 27 heavy (non-hydrogen) atoms. The highest BCUT2D eigenvalue weighted by Crippen LogP contribution is 2.38. The van der Waals surface area contributed by atoms with Crippen LogP contribution in [0.3, 0.4) is 0 Å². The summed E-state index contributed by atoms with van der Waals surface area (Å²) in [5.41, 5.74) is 2.01. The van der Waals surface area contributed by atoms with Gasteiger partial charge in [0.2, 0.25) is 0 Å². The Hall–Kier alpha value is -1.83. The first-order chi connectivity index (χ1) is 13.0. The number of carbonyl (C=O) groups is 1. The maximum atomic E-state index is 12.8. The molecule has 0 bridgehead atoms. The van der Waals surface area contributed by atoms with Gasteiger partial charge in [-0.15, -0.1) is 0 Å². The van der Waals surface area contributed by atoms with E-state index in [4.69, 9.17) is 21.7 Å². The number of nitrogens with zero attached hydrogens (tertiary/aromatic N) is 1. The van der Waals surface area contributed by atoms with Gasteiger partial charge in [-0.1, -0.05) is 70.2 Å². The number of rotatable bonds is 6. The molecule has 0 N–H and O–H groups in total. The Morgan fingerprint density at radius 2 is 1.81 bits per heavy atom. The van der Waals surface area contributed by atoms with Gasteiger partial charge in [0.05, 0.1) is 19.1 Å². The molecule has 1 fully saturated rings. The van der Waals surface area contributed by atoms with E-state index in [1.54, 1.807) is 19.1 Å². The van der Waals surface area contributed by atoms with Crippen molar-refractivity contribution in [2.75, 3.05) is 20.8 Å². The largest absolute Gasteiger partial charge is 0.493 e. The second-order valence-corrected chi connectivity index (χ2v) is 8.33. The molecule has 1 amide bonds. The first kappa shape index (κ1) is 19.9. The molecule has 2 aromatic carbocycles. The summed E-state index contributed by atoms with van der Waals surface area (Å²) in [4.78, 5) is 15.1. The highest BCUT2D eigenvalue weighted by Gasteiger charge is 2.31. The average Bonchev–Trinajstić information content (AvgIpc) is 2.95. The Kier molecular flexibility index (Phi) is 6.57. The molecule has 7 heteroatoms. The number of thioether (sulfide) groups is 1. The summed E-state index contributed by atoms with van der Waals surface area (Å²) in [6.45, 7) is 0.569. The molecule has 0 radical (unpaired) electrons. The number of benzene rings is 2. The van der Waals surface area contributed by atoms with Crippen molar-refractivity contribution in [2.24, 2.45) is 0 Å². The molecule has 0 spiro atoms. The van der Waals surface area contributed by atoms with Gasteiger partial charge in [0.1, 0.15) is 4.32 Å². The number of amides is 1. The summed E-state index contributed by atoms with van der Waals surface area (Å²) in [6.07, 6.45) is 2.59. The third-order valence-electron chi connectivity index (χ3n) is 4.13. The highest BCUT2D eigenvalue weighted by atomic mass is 79.9. The van der Waals surface area contributed by atoms with Crippen LogP contribution in [0.5, 0.6) is 11.5 Å². The molecule has 0 aliphatic carbocycles. The number of thiocarbonyl (C=S) groups is 1. The van der Waals surface area contributed by atoms with E-state index < -0.39 is 0 Å². The first-order valence-electron chi connectivity index (χ1n) is 8.24. The van der Waals surface area contributed by atoms with Crippen LogP contribution in [0, 0.1) is 0 Å². The van der Waals surface area contributed by atoms with Gasteiger partial charge in [-0.2, -0.15) is 0 Å². The van der Waals surface area contributed by atoms with E-state index in [2.05, 4.69) is 15.9 Å². The van der Waals surface area contributed by atoms with Crippen LogP contribution in [0.1, 0.15) is 11.1 Å². The van der Waals surface area contributed by atoms with Crippen LogP contribution in [0.4, 0.5) is 0 Å². The fraction of sp³-hybridized carbons (Fsp3) is 0.200. The van der Waals surface area contributed by atoms with Crippen molar-refractivity contribution in [1.82, 2.24) is 4.90 Å². The lowest BCUT2D eigenvalue weighted by molar-refractivity contribution is -0.122. The van der Waals surface area contributed by atoms with Crippen molar-refractivity contribution in [3.05, 3.63) is 63.0 Å². The molecule has 140 valence electrons. The fourth-order valence-corrected chi connectivity index (χ4v) is 4.44. The van der Waals surface area contributed by atoms with E-state index >= 15 is 0 Å². The molecule has 0 unspecified atom stereocenters. The average molecular weight is 464 g/mol. The molecule has 0 atom stereocenters. The third-order valence-corrected chi connectivity index (χ3v) is 6.19. The van der Waals surface area contributed by atoms with E-state index in [1.807, 2.05) is 48.5 Å². The number of hydrogen-bond donors (Lipinski definition) is 0. The second kappa shape index (κ2) is 8.91. The summed E-state index contributed by atoms with van der Waals surface area (Å²) in [6, 6.07) is 13.7. The summed E-state index contributed by atoms with van der Waals surface area (Å²) < 4.78 is 12.0. The van der Waals surface area contributed by atoms with Crippen molar-refractivity contribution in [3.63, 3.8) is 0 Å². The number of hydrogen-bond acceptors (Lipinski definition) is 5. The van der Waals surface area contributed by atoms with Crippen LogP contribution >= 0.6 is 39.9 Å². The molecule has 3 rings (SSSR count). The standard InChI is InChI=1S/C20H18BrNO3S2/c1-24-16-10-14(15(21)12-17(16)25-2)11-18-19(23)22(20(26)27-18)9-8-13-6-4-3-5-7-13/h3-7,10-12H,8-9H2,1-2H3. The minimum atomic E-state index is -0.0670. The van der Waals surface area contributed by atoms with Crippen LogP contribution in [-0.4, -0.2) is 35.9 Å². The zero-order valence-corrected chi connectivity index (χ0v) is 18.1. The van der Waals surface area contributed by atoms with Crippen LogP contribution in [0.2, 0.25) is 0 Å². The Labute approximate surface area is 176 Å². The molecule has 1 aliphatic heterocycles. The first-order valence-corrected chi connectivity index (χ1v) is 10.3.